The van der Waals surface area contributed by atoms with Crippen LogP contribution in [0.1, 0.15) is 46.0 Å². The van der Waals surface area contributed by atoms with Crippen molar-refractivity contribution < 1.29 is 36.2 Å². The molecule has 0 amide bonds. The van der Waals surface area contributed by atoms with Gasteiger partial charge in [-0.25, -0.2) is 13.2 Å². The van der Waals surface area contributed by atoms with Crippen molar-refractivity contribution in [3.63, 3.8) is 0 Å². The van der Waals surface area contributed by atoms with Crippen LogP contribution < -0.4 is 0 Å². The number of hydrogen-bond donors (Lipinski definition) is 1. The highest BCUT2D eigenvalue weighted by atomic mass is 32.2. The van der Waals surface area contributed by atoms with Gasteiger partial charge >= 0.3 is 12.1 Å². The van der Waals surface area contributed by atoms with E-state index in [4.69, 9.17) is 4.74 Å². The maximum Gasteiger partial charge on any atom is 0.416 e. The molecular weight excluding hydrogens is 445 g/mol. The maximum atomic E-state index is 13.4. The summed E-state index contributed by atoms with van der Waals surface area (Å²) in [5.74, 6) is -1.39. The summed E-state index contributed by atoms with van der Waals surface area (Å²) in [7, 11) is -2.68. The van der Waals surface area contributed by atoms with Crippen LogP contribution in [-0.2, 0) is 32.9 Å². The van der Waals surface area contributed by atoms with Crippen LogP contribution in [0.25, 0.3) is 5.57 Å². The Morgan fingerprint density at radius 3 is 2.38 bits per heavy atom. The van der Waals surface area contributed by atoms with Crippen LogP contribution in [0.4, 0.5) is 13.2 Å². The molecule has 0 saturated heterocycles. The molecule has 1 N–H and O–H groups in total. The van der Waals surface area contributed by atoms with Gasteiger partial charge in [-0.3, -0.25) is 0 Å². The van der Waals surface area contributed by atoms with Gasteiger partial charge in [0.2, 0.25) is 0 Å². The number of benzene rings is 2. The summed E-state index contributed by atoms with van der Waals surface area (Å²) in [5.41, 5.74) is 0.220. The van der Waals surface area contributed by atoms with Gasteiger partial charge in [-0.05, 0) is 59.0 Å². The number of alkyl halides is 3. The van der Waals surface area contributed by atoms with Crippen molar-refractivity contribution in [3.05, 3.63) is 82.1 Å². The Bertz CT molecular complexity index is 1220. The van der Waals surface area contributed by atoms with E-state index in [2.05, 4.69) is 0 Å². The zero-order chi connectivity index (χ0) is 23.7. The van der Waals surface area contributed by atoms with Crippen molar-refractivity contribution in [3.8, 4) is 0 Å². The molecule has 0 fully saturated rings. The first-order valence-electron chi connectivity index (χ1n) is 9.69. The molecule has 3 rings (SSSR count). The van der Waals surface area contributed by atoms with Gasteiger partial charge in [-0.1, -0.05) is 25.1 Å². The molecule has 2 aromatic rings. The Kier molecular flexibility index (Phi) is 6.50. The van der Waals surface area contributed by atoms with Crippen LogP contribution in [0, 0.1) is 0 Å². The number of hydrogen-bond acceptors (Lipinski definition) is 4. The van der Waals surface area contributed by atoms with Crippen molar-refractivity contribution >= 4 is 21.4 Å². The summed E-state index contributed by atoms with van der Waals surface area (Å²) in [5, 5.41) is 9.25. The fourth-order valence-electron chi connectivity index (χ4n) is 3.58. The second kappa shape index (κ2) is 8.82. The molecule has 2 aromatic carbocycles. The molecule has 0 heterocycles. The van der Waals surface area contributed by atoms with E-state index in [1.54, 1.807) is 19.1 Å². The van der Waals surface area contributed by atoms with E-state index in [9.17, 15) is 31.5 Å². The average Bonchev–Trinajstić information content (AvgIpc) is 3.21. The Balaban J connectivity index is 2.11. The van der Waals surface area contributed by atoms with Crippen LogP contribution in [0.2, 0.25) is 0 Å². The van der Waals surface area contributed by atoms with E-state index < -0.39 is 33.3 Å². The lowest BCUT2D eigenvalue weighted by Crippen LogP contribution is -2.13. The lowest BCUT2D eigenvalue weighted by atomic mass is 9.97. The zero-order valence-corrected chi connectivity index (χ0v) is 18.2. The molecule has 170 valence electrons. The predicted octanol–water partition coefficient (Wildman–Crippen LogP) is 5.26. The first-order valence-corrected chi connectivity index (χ1v) is 11.3. The molecule has 0 saturated carbocycles. The molecule has 0 spiro atoms. The molecule has 5 nitrogen and oxygen atoms in total. The van der Waals surface area contributed by atoms with E-state index in [1.165, 1.54) is 25.3 Å². The average molecular weight is 466 g/mol. The second-order valence-electron chi connectivity index (χ2n) is 7.32. The van der Waals surface area contributed by atoms with Crippen LogP contribution in [0.3, 0.4) is 0 Å². The molecule has 0 aliphatic heterocycles. The highest BCUT2D eigenvalue weighted by molar-refractivity contribution is 7.90. The number of carboxylic acids is 1. The van der Waals surface area contributed by atoms with Gasteiger partial charge in [0.1, 0.15) is 0 Å². The topological polar surface area (TPSA) is 80.7 Å². The Labute approximate surface area is 183 Å². The van der Waals surface area contributed by atoms with Gasteiger partial charge in [0.15, 0.2) is 9.84 Å². The highest BCUT2D eigenvalue weighted by Crippen LogP contribution is 2.37. The quantitative estimate of drug-likeness (QED) is 0.602. The largest absolute Gasteiger partial charge is 0.501 e. The van der Waals surface area contributed by atoms with E-state index in [1.807, 2.05) is 0 Å². The lowest BCUT2D eigenvalue weighted by Gasteiger charge is -2.16. The number of sulfone groups is 1. The van der Waals surface area contributed by atoms with Gasteiger partial charge in [-0.15, -0.1) is 0 Å². The lowest BCUT2D eigenvalue weighted by molar-refractivity contribution is -0.137. The number of aromatic carboxylic acids is 1. The number of halogens is 3. The number of ether oxygens (including phenoxy) is 1. The summed E-state index contributed by atoms with van der Waals surface area (Å²) < 4.78 is 71.8. The molecule has 0 radical (unpaired) electrons. The van der Waals surface area contributed by atoms with Crippen LogP contribution in [0.5, 0.6) is 0 Å². The maximum absolute atomic E-state index is 13.4. The van der Waals surface area contributed by atoms with Gasteiger partial charge < -0.3 is 9.84 Å². The minimum absolute atomic E-state index is 0.0143. The van der Waals surface area contributed by atoms with Crippen molar-refractivity contribution in [2.24, 2.45) is 0 Å². The standard InChI is InChI=1S/C23H21F3O5S/c1-3-14-4-5-16(22(27)28)12-21(14)32(29,30)13-17-10-18(23(24,25)26)7-9-20(17)15-6-8-19(11-15)31-2/h4-10,12H,3,11,13H2,1-2H3,(H,27,28). The summed E-state index contributed by atoms with van der Waals surface area (Å²) in [4.78, 5) is 11.1. The third kappa shape index (κ3) is 4.88. The molecule has 0 aromatic heterocycles. The molecule has 9 heteroatoms. The zero-order valence-electron chi connectivity index (χ0n) is 17.4. The molecule has 0 bridgehead atoms. The first kappa shape index (κ1) is 23.6. The predicted molar refractivity (Wildman–Crippen MR) is 113 cm³/mol. The van der Waals surface area contributed by atoms with E-state index in [0.29, 0.717) is 35.3 Å². The number of carbonyl (C=O) groups is 1. The van der Waals surface area contributed by atoms with Crippen LogP contribution in [-0.4, -0.2) is 26.6 Å². The monoisotopic (exact) mass is 466 g/mol. The third-order valence-corrected chi connectivity index (χ3v) is 6.99. The Morgan fingerprint density at radius 2 is 1.81 bits per heavy atom. The van der Waals surface area contributed by atoms with Crippen LogP contribution >= 0.6 is 0 Å². The van der Waals surface area contributed by atoms with Gasteiger partial charge in [0, 0.05) is 6.42 Å². The van der Waals surface area contributed by atoms with Gasteiger partial charge in [0.25, 0.3) is 0 Å². The first-order chi connectivity index (χ1) is 15.0. The Morgan fingerprint density at radius 1 is 1.09 bits per heavy atom. The SMILES string of the molecule is CCc1ccc(C(=O)O)cc1S(=O)(=O)Cc1cc(C(F)(F)F)ccc1C1=CC=C(OC)C1. The number of aryl methyl sites for hydroxylation is 1. The highest BCUT2D eigenvalue weighted by Gasteiger charge is 2.32. The van der Waals surface area contributed by atoms with Gasteiger partial charge in [-0.2, -0.15) is 13.2 Å². The van der Waals surface area contributed by atoms with E-state index >= 15 is 0 Å². The van der Waals surface area contributed by atoms with E-state index in [0.717, 1.165) is 18.2 Å². The van der Waals surface area contributed by atoms with Crippen molar-refractivity contribution in [2.45, 2.75) is 36.6 Å². The fourth-order valence-corrected chi connectivity index (χ4v) is 5.30. The van der Waals surface area contributed by atoms with Crippen molar-refractivity contribution in [1.29, 1.82) is 0 Å². The molecule has 0 atom stereocenters. The third-order valence-electron chi connectivity index (χ3n) is 5.25. The van der Waals surface area contributed by atoms with Crippen molar-refractivity contribution in [1.82, 2.24) is 0 Å². The van der Waals surface area contributed by atoms with Gasteiger partial charge in [0.05, 0.1) is 34.6 Å². The molecule has 1 aliphatic carbocycles. The summed E-state index contributed by atoms with van der Waals surface area (Å²) >= 11 is 0. The molecular formula is C23H21F3O5S. The fraction of sp³-hybridized carbons (Fsp3) is 0.261. The number of allylic oxidation sites excluding steroid dienone is 3. The van der Waals surface area contributed by atoms with Crippen LogP contribution in [0.15, 0.2) is 59.2 Å². The smallest absolute Gasteiger partial charge is 0.416 e. The minimum Gasteiger partial charge on any atom is -0.501 e. The normalized spacial score (nSPS) is 14.2. The molecule has 1 aliphatic rings. The number of carboxylic acid groups (broad SMARTS) is 1. The minimum atomic E-state index is -4.64. The summed E-state index contributed by atoms with van der Waals surface area (Å²) in [6.07, 6.45) is -0.647. The molecule has 32 heavy (non-hydrogen) atoms. The number of rotatable bonds is 7. The van der Waals surface area contributed by atoms with E-state index in [-0.39, 0.29) is 16.0 Å². The second-order valence-corrected chi connectivity index (χ2v) is 9.27. The summed E-state index contributed by atoms with van der Waals surface area (Å²) in [6, 6.07) is 6.79. The number of methoxy groups -OCH3 is 1. The molecule has 0 unspecified atom stereocenters. The van der Waals surface area contributed by atoms with Crippen molar-refractivity contribution in [2.75, 3.05) is 7.11 Å². The Hall–Kier alpha value is -3.07. The summed E-state index contributed by atoms with van der Waals surface area (Å²) in [6.45, 7) is 1.71.